The SMILES string of the molecule is CC(Cc1cncc2ccccc12)Oc1cc(N(C)C)ccc1S(=O)(=O)NC(C=O)CC(=O)O.O=C(O)C(F)(F)F. The number of benzene rings is 2. The Labute approximate surface area is 233 Å². The molecule has 41 heavy (non-hydrogen) atoms. The van der Waals surface area contributed by atoms with Gasteiger partial charge >= 0.3 is 18.1 Å². The molecule has 3 aromatic rings. The number of sulfonamides is 1. The highest BCUT2D eigenvalue weighted by Crippen LogP contribution is 2.31. The van der Waals surface area contributed by atoms with E-state index in [1.54, 1.807) is 29.4 Å². The predicted octanol–water partition coefficient (Wildman–Crippen LogP) is 3.26. The van der Waals surface area contributed by atoms with Crippen LogP contribution in [0.2, 0.25) is 0 Å². The number of aldehydes is 1. The molecule has 0 saturated carbocycles. The molecule has 222 valence electrons. The Bertz CT molecular complexity index is 1490. The third kappa shape index (κ3) is 9.72. The largest absolute Gasteiger partial charge is 0.490 e. The van der Waals surface area contributed by atoms with Crippen LogP contribution in [0.15, 0.2) is 59.8 Å². The maximum atomic E-state index is 13.0. The molecule has 0 radical (unpaired) electrons. The summed E-state index contributed by atoms with van der Waals surface area (Å²) in [6.07, 6.45) is -1.89. The van der Waals surface area contributed by atoms with Gasteiger partial charge in [0.25, 0.3) is 0 Å². The smallest absolute Gasteiger partial charge is 0.489 e. The molecule has 2 atom stereocenters. The number of carboxylic acids is 2. The van der Waals surface area contributed by atoms with Crippen molar-refractivity contribution in [2.24, 2.45) is 0 Å². The number of rotatable bonds is 11. The molecule has 0 fully saturated rings. The van der Waals surface area contributed by atoms with Gasteiger partial charge in [0.1, 0.15) is 23.0 Å². The number of aromatic nitrogens is 1. The van der Waals surface area contributed by atoms with Crippen LogP contribution in [-0.4, -0.2) is 74.3 Å². The van der Waals surface area contributed by atoms with E-state index < -0.39 is 46.7 Å². The van der Waals surface area contributed by atoms with Crippen molar-refractivity contribution in [2.75, 3.05) is 19.0 Å². The Morgan fingerprint density at radius 1 is 1.12 bits per heavy atom. The molecule has 3 rings (SSSR count). The minimum Gasteiger partial charge on any atom is -0.489 e. The average molecular weight is 600 g/mol. The second-order valence-corrected chi connectivity index (χ2v) is 10.6. The summed E-state index contributed by atoms with van der Waals surface area (Å²) < 4.78 is 66.0. The number of hydrogen-bond acceptors (Lipinski definition) is 8. The standard InChI is InChI=1S/C24H27N3O6S.C2HF3O2/c1-16(10-18-14-25-13-17-6-4-5-7-21(17)18)33-22-12-20(27(2)3)8-9-23(22)34(31,32)26-19(15-28)11-24(29)30;3-2(4,5)1(6)7/h4-9,12-16,19,26H,10-11H2,1-3H3,(H,29,30);(H,6,7). The number of halogens is 3. The first-order valence-electron chi connectivity index (χ1n) is 11.8. The van der Waals surface area contributed by atoms with Crippen LogP contribution in [0.3, 0.4) is 0 Å². The fourth-order valence-electron chi connectivity index (χ4n) is 3.57. The van der Waals surface area contributed by atoms with E-state index in [-0.39, 0.29) is 16.9 Å². The van der Waals surface area contributed by atoms with Crippen LogP contribution in [0.5, 0.6) is 5.75 Å². The van der Waals surface area contributed by atoms with Crippen LogP contribution in [0.4, 0.5) is 18.9 Å². The Balaban J connectivity index is 0.000000745. The summed E-state index contributed by atoms with van der Waals surface area (Å²) in [5, 5.41) is 18.1. The summed E-state index contributed by atoms with van der Waals surface area (Å²) in [5.41, 5.74) is 1.67. The van der Waals surface area contributed by atoms with Crippen molar-refractivity contribution < 1.29 is 50.9 Å². The maximum Gasteiger partial charge on any atom is 0.490 e. The Morgan fingerprint density at radius 2 is 1.76 bits per heavy atom. The summed E-state index contributed by atoms with van der Waals surface area (Å²) >= 11 is 0. The minimum absolute atomic E-state index is 0.0966. The van der Waals surface area contributed by atoms with Crippen molar-refractivity contribution in [1.82, 2.24) is 9.71 Å². The van der Waals surface area contributed by atoms with Crippen LogP contribution in [0.1, 0.15) is 18.9 Å². The van der Waals surface area contributed by atoms with Crippen LogP contribution in [0, 0.1) is 0 Å². The zero-order valence-electron chi connectivity index (χ0n) is 22.1. The number of fused-ring (bicyclic) bond motifs is 1. The monoisotopic (exact) mass is 599 g/mol. The lowest BCUT2D eigenvalue weighted by atomic mass is 10.0. The molecular weight excluding hydrogens is 571 g/mol. The summed E-state index contributed by atoms with van der Waals surface area (Å²) in [6.45, 7) is 1.83. The fourth-order valence-corrected chi connectivity index (χ4v) is 4.85. The third-order valence-electron chi connectivity index (χ3n) is 5.43. The first-order chi connectivity index (χ1) is 19.0. The Kier molecular flexibility index (Phi) is 11.2. The number of nitrogens with one attached hydrogen (secondary N) is 1. The normalized spacial score (nSPS) is 12.9. The van der Waals surface area contributed by atoms with Crippen molar-refractivity contribution in [3.8, 4) is 5.75 Å². The highest BCUT2D eigenvalue weighted by atomic mass is 32.2. The number of alkyl halides is 3. The molecule has 0 aliphatic heterocycles. The molecular formula is C26H28F3N3O8S. The van der Waals surface area contributed by atoms with Crippen molar-refractivity contribution >= 4 is 44.7 Å². The molecule has 11 nitrogen and oxygen atoms in total. The van der Waals surface area contributed by atoms with E-state index in [1.165, 1.54) is 6.07 Å². The number of pyridine rings is 1. The van der Waals surface area contributed by atoms with Gasteiger partial charge in [-0.15, -0.1) is 0 Å². The van der Waals surface area contributed by atoms with E-state index in [2.05, 4.69) is 9.71 Å². The number of aliphatic carboxylic acids is 2. The third-order valence-corrected chi connectivity index (χ3v) is 6.96. The summed E-state index contributed by atoms with van der Waals surface area (Å²) in [7, 11) is -0.621. The van der Waals surface area contributed by atoms with E-state index in [4.69, 9.17) is 19.7 Å². The number of carbonyl (C=O) groups is 3. The molecule has 0 aliphatic rings. The van der Waals surface area contributed by atoms with Crippen LogP contribution in [-0.2, 0) is 30.8 Å². The molecule has 0 saturated heterocycles. The first-order valence-corrected chi connectivity index (χ1v) is 13.3. The zero-order chi connectivity index (χ0) is 31.0. The van der Waals surface area contributed by atoms with Crippen molar-refractivity contribution in [2.45, 2.75) is 43.0 Å². The topological polar surface area (TPSA) is 163 Å². The Hall–Kier alpha value is -4.24. The van der Waals surface area contributed by atoms with Crippen LogP contribution in [0.25, 0.3) is 10.8 Å². The zero-order valence-corrected chi connectivity index (χ0v) is 22.9. The van der Waals surface area contributed by atoms with Crippen molar-refractivity contribution in [3.05, 3.63) is 60.4 Å². The number of anilines is 1. The molecule has 2 unspecified atom stereocenters. The van der Waals surface area contributed by atoms with Crippen molar-refractivity contribution in [1.29, 1.82) is 0 Å². The number of nitrogens with zero attached hydrogens (tertiary/aromatic N) is 2. The van der Waals surface area contributed by atoms with Crippen LogP contribution < -0.4 is 14.4 Å². The van der Waals surface area contributed by atoms with E-state index in [0.29, 0.717) is 12.1 Å². The summed E-state index contributed by atoms with van der Waals surface area (Å²) in [4.78, 5) is 37.0. The lowest BCUT2D eigenvalue weighted by molar-refractivity contribution is -0.192. The highest BCUT2D eigenvalue weighted by Gasteiger charge is 2.38. The van der Waals surface area contributed by atoms with Crippen LogP contribution >= 0.6 is 0 Å². The van der Waals surface area contributed by atoms with E-state index in [9.17, 15) is 31.2 Å². The van der Waals surface area contributed by atoms with E-state index in [0.717, 1.165) is 16.3 Å². The number of hydrogen-bond donors (Lipinski definition) is 3. The predicted molar refractivity (Wildman–Crippen MR) is 142 cm³/mol. The average Bonchev–Trinajstić information content (AvgIpc) is 2.87. The first kappa shape index (κ1) is 33.0. The van der Waals surface area contributed by atoms with Crippen molar-refractivity contribution in [3.63, 3.8) is 0 Å². The van der Waals surface area contributed by atoms with Gasteiger partial charge in [0.05, 0.1) is 12.5 Å². The van der Waals surface area contributed by atoms with E-state index >= 15 is 0 Å². The molecule has 1 heterocycles. The maximum absolute atomic E-state index is 13.0. The second kappa shape index (κ2) is 13.9. The quantitative estimate of drug-likeness (QED) is 0.279. The molecule has 15 heteroatoms. The molecule has 0 spiro atoms. The molecule has 3 N–H and O–H groups in total. The molecule has 2 aromatic carbocycles. The molecule has 0 amide bonds. The van der Waals surface area contributed by atoms with Gasteiger partial charge in [-0.25, -0.2) is 17.9 Å². The lowest BCUT2D eigenvalue weighted by Gasteiger charge is -2.21. The van der Waals surface area contributed by atoms with E-state index in [1.807, 2.05) is 45.3 Å². The fraction of sp³-hybridized carbons (Fsp3) is 0.308. The van der Waals surface area contributed by atoms with Gasteiger partial charge in [0.2, 0.25) is 10.0 Å². The minimum atomic E-state index is -5.08. The number of ether oxygens (including phenoxy) is 1. The van der Waals surface area contributed by atoms with Gasteiger partial charge in [-0.3, -0.25) is 9.78 Å². The van der Waals surface area contributed by atoms with Gasteiger partial charge in [-0.05, 0) is 30.0 Å². The molecule has 0 aliphatic carbocycles. The van der Waals surface area contributed by atoms with Gasteiger partial charge < -0.3 is 24.6 Å². The number of carboxylic acid groups (broad SMARTS) is 2. The number of carbonyl (C=O) groups excluding carboxylic acids is 1. The van der Waals surface area contributed by atoms with Gasteiger partial charge in [0.15, 0.2) is 0 Å². The summed E-state index contributed by atoms with van der Waals surface area (Å²) in [6, 6.07) is 11.0. The Morgan fingerprint density at radius 3 is 2.32 bits per heavy atom. The summed E-state index contributed by atoms with van der Waals surface area (Å²) in [5.74, 6) is -3.96. The lowest BCUT2D eigenvalue weighted by Crippen LogP contribution is -2.37. The van der Waals surface area contributed by atoms with Gasteiger partial charge in [0, 0.05) is 50.0 Å². The highest BCUT2D eigenvalue weighted by molar-refractivity contribution is 7.89. The molecule has 1 aromatic heterocycles. The van der Waals surface area contributed by atoms with Gasteiger partial charge in [-0.1, -0.05) is 24.3 Å². The second-order valence-electron chi connectivity index (χ2n) is 8.94. The molecule has 0 bridgehead atoms. The van der Waals surface area contributed by atoms with Gasteiger partial charge in [-0.2, -0.15) is 13.2 Å².